The number of benzene rings is 2. The zero-order valence-corrected chi connectivity index (χ0v) is 14.6. The molecule has 0 radical (unpaired) electrons. The van der Waals surface area contributed by atoms with E-state index in [9.17, 15) is 8.42 Å². The predicted octanol–water partition coefficient (Wildman–Crippen LogP) is 3.63. The topological polar surface area (TPSA) is 74.3 Å². The van der Waals surface area contributed by atoms with E-state index in [4.69, 9.17) is 0 Å². The maximum absolute atomic E-state index is 12.2. The van der Waals surface area contributed by atoms with Crippen LogP contribution in [0.3, 0.4) is 0 Å². The molecule has 2 N–H and O–H groups in total. The summed E-state index contributed by atoms with van der Waals surface area (Å²) in [6.07, 6.45) is 1.82. The van der Waals surface area contributed by atoms with Crippen LogP contribution < -0.4 is 4.83 Å². The SMILES string of the molecule is C/C(=N/NS(=O)(=O)c1ccc(Br)cc1)c1c[nH]c2ccccc12. The molecule has 5 nitrogen and oxygen atoms in total. The summed E-state index contributed by atoms with van der Waals surface area (Å²) < 4.78 is 25.3. The number of halogens is 1. The number of sulfonamides is 1. The van der Waals surface area contributed by atoms with Crippen molar-refractivity contribution >= 4 is 42.6 Å². The van der Waals surface area contributed by atoms with Crippen molar-refractivity contribution < 1.29 is 8.42 Å². The molecule has 1 heterocycles. The van der Waals surface area contributed by atoms with Crippen molar-refractivity contribution in [2.75, 3.05) is 0 Å². The van der Waals surface area contributed by atoms with Gasteiger partial charge in [0.05, 0.1) is 10.6 Å². The third kappa shape index (κ3) is 3.30. The second kappa shape index (κ2) is 6.17. The fraction of sp³-hybridized carbons (Fsp3) is 0.0625. The third-order valence-corrected chi connectivity index (χ3v) is 5.19. The zero-order valence-electron chi connectivity index (χ0n) is 12.2. The maximum Gasteiger partial charge on any atom is 0.276 e. The van der Waals surface area contributed by atoms with Crippen LogP contribution in [0.1, 0.15) is 12.5 Å². The van der Waals surface area contributed by atoms with E-state index in [0.717, 1.165) is 20.9 Å². The van der Waals surface area contributed by atoms with E-state index in [1.807, 2.05) is 30.5 Å². The average Bonchev–Trinajstić information content (AvgIpc) is 2.97. The first kappa shape index (κ1) is 15.8. The number of nitrogens with zero attached hydrogens (tertiary/aromatic N) is 1. The number of aromatic nitrogens is 1. The first-order chi connectivity index (χ1) is 11.0. The second-order valence-corrected chi connectivity index (χ2v) is 7.57. The number of H-pyrrole nitrogens is 1. The Kier molecular flexibility index (Phi) is 4.23. The summed E-state index contributed by atoms with van der Waals surface area (Å²) in [7, 11) is -3.68. The standard InChI is InChI=1S/C16H14BrN3O2S/c1-11(15-10-18-16-5-3-2-4-14(15)16)19-20-23(21,22)13-8-6-12(17)7-9-13/h2-10,18,20H,1H3/b19-11-. The van der Waals surface area contributed by atoms with E-state index in [-0.39, 0.29) is 4.90 Å². The number of aromatic amines is 1. The Morgan fingerprint density at radius 1 is 1.13 bits per heavy atom. The summed E-state index contributed by atoms with van der Waals surface area (Å²) in [5.41, 5.74) is 2.43. The summed E-state index contributed by atoms with van der Waals surface area (Å²) >= 11 is 3.28. The maximum atomic E-state index is 12.2. The van der Waals surface area contributed by atoms with Gasteiger partial charge in [-0.1, -0.05) is 34.1 Å². The molecule has 0 amide bonds. The summed E-state index contributed by atoms with van der Waals surface area (Å²) in [6, 6.07) is 14.2. The molecule has 0 spiro atoms. The molecule has 2 aromatic carbocycles. The van der Waals surface area contributed by atoms with E-state index >= 15 is 0 Å². The van der Waals surface area contributed by atoms with E-state index in [2.05, 4.69) is 30.8 Å². The van der Waals surface area contributed by atoms with Crippen molar-refractivity contribution in [1.29, 1.82) is 0 Å². The molecule has 0 aliphatic heterocycles. The number of fused-ring (bicyclic) bond motifs is 1. The molecule has 0 aliphatic carbocycles. The van der Waals surface area contributed by atoms with Gasteiger partial charge in [-0.05, 0) is 37.3 Å². The molecule has 0 saturated carbocycles. The molecular weight excluding hydrogens is 378 g/mol. The first-order valence-electron chi connectivity index (χ1n) is 6.85. The molecule has 0 atom stereocenters. The van der Waals surface area contributed by atoms with Crippen molar-refractivity contribution in [3.63, 3.8) is 0 Å². The molecule has 7 heteroatoms. The molecule has 1 aromatic heterocycles. The Hall–Kier alpha value is -2.12. The van der Waals surface area contributed by atoms with Gasteiger partial charge < -0.3 is 4.98 Å². The summed E-state index contributed by atoms with van der Waals surface area (Å²) in [6.45, 7) is 1.76. The molecule has 0 saturated heterocycles. The third-order valence-electron chi connectivity index (χ3n) is 3.44. The number of para-hydroxylation sites is 1. The number of rotatable bonds is 4. The number of hydrogen-bond donors (Lipinski definition) is 2. The number of hydrazone groups is 1. The lowest BCUT2D eigenvalue weighted by Crippen LogP contribution is -2.19. The second-order valence-electron chi connectivity index (χ2n) is 4.99. The lowest BCUT2D eigenvalue weighted by Gasteiger charge is -2.05. The predicted molar refractivity (Wildman–Crippen MR) is 95.0 cm³/mol. The Labute approximate surface area is 142 Å². The Morgan fingerprint density at radius 3 is 2.57 bits per heavy atom. The lowest BCUT2D eigenvalue weighted by atomic mass is 10.1. The highest BCUT2D eigenvalue weighted by molar-refractivity contribution is 9.10. The molecule has 0 bridgehead atoms. The van der Waals surface area contributed by atoms with Crippen LogP contribution in [0.15, 0.2) is 69.2 Å². The average molecular weight is 392 g/mol. The van der Waals surface area contributed by atoms with Crippen LogP contribution in [0.2, 0.25) is 0 Å². The van der Waals surface area contributed by atoms with Gasteiger partial charge in [0.2, 0.25) is 0 Å². The van der Waals surface area contributed by atoms with Gasteiger partial charge in [-0.3, -0.25) is 0 Å². The zero-order chi connectivity index (χ0) is 16.4. The van der Waals surface area contributed by atoms with Crippen molar-refractivity contribution in [2.45, 2.75) is 11.8 Å². The van der Waals surface area contributed by atoms with Crippen LogP contribution in [0.4, 0.5) is 0 Å². The Balaban J connectivity index is 1.88. The monoisotopic (exact) mass is 391 g/mol. The fourth-order valence-electron chi connectivity index (χ4n) is 2.23. The van der Waals surface area contributed by atoms with Crippen molar-refractivity contribution in [1.82, 2.24) is 9.82 Å². The highest BCUT2D eigenvalue weighted by atomic mass is 79.9. The number of hydrogen-bond acceptors (Lipinski definition) is 3. The minimum absolute atomic E-state index is 0.163. The molecule has 0 aliphatic rings. The molecule has 23 heavy (non-hydrogen) atoms. The van der Waals surface area contributed by atoms with Gasteiger partial charge in [0.1, 0.15) is 0 Å². The molecular formula is C16H14BrN3O2S. The van der Waals surface area contributed by atoms with Gasteiger partial charge in [-0.25, -0.2) is 0 Å². The highest BCUT2D eigenvalue weighted by Gasteiger charge is 2.13. The Morgan fingerprint density at radius 2 is 1.83 bits per heavy atom. The van der Waals surface area contributed by atoms with E-state index < -0.39 is 10.0 Å². The van der Waals surface area contributed by atoms with Crippen LogP contribution in [0.5, 0.6) is 0 Å². The fourth-order valence-corrected chi connectivity index (χ4v) is 3.35. The van der Waals surface area contributed by atoms with Crippen molar-refractivity contribution in [2.24, 2.45) is 5.10 Å². The largest absolute Gasteiger partial charge is 0.360 e. The van der Waals surface area contributed by atoms with Crippen molar-refractivity contribution in [3.8, 4) is 0 Å². The smallest absolute Gasteiger partial charge is 0.276 e. The molecule has 3 rings (SSSR count). The molecule has 3 aromatic rings. The van der Waals surface area contributed by atoms with Crippen LogP contribution in [0.25, 0.3) is 10.9 Å². The van der Waals surface area contributed by atoms with Gasteiger partial charge in [0.15, 0.2) is 0 Å². The van der Waals surface area contributed by atoms with Gasteiger partial charge in [0, 0.05) is 27.1 Å². The highest BCUT2D eigenvalue weighted by Crippen LogP contribution is 2.19. The molecule has 0 unspecified atom stereocenters. The van der Waals surface area contributed by atoms with E-state index in [0.29, 0.717) is 5.71 Å². The minimum Gasteiger partial charge on any atom is -0.360 e. The van der Waals surface area contributed by atoms with Crippen molar-refractivity contribution in [3.05, 3.63) is 64.8 Å². The minimum atomic E-state index is -3.68. The first-order valence-corrected chi connectivity index (χ1v) is 9.13. The summed E-state index contributed by atoms with van der Waals surface area (Å²) in [5, 5.41) is 5.03. The van der Waals surface area contributed by atoms with Crippen LogP contribution in [-0.4, -0.2) is 19.1 Å². The lowest BCUT2D eigenvalue weighted by molar-refractivity contribution is 0.584. The van der Waals surface area contributed by atoms with Gasteiger partial charge in [-0.2, -0.15) is 18.4 Å². The van der Waals surface area contributed by atoms with Gasteiger partial charge >= 0.3 is 0 Å². The van der Waals surface area contributed by atoms with Crippen LogP contribution >= 0.6 is 15.9 Å². The van der Waals surface area contributed by atoms with Crippen LogP contribution in [-0.2, 0) is 10.0 Å². The van der Waals surface area contributed by atoms with Gasteiger partial charge in [-0.15, -0.1) is 0 Å². The quantitative estimate of drug-likeness (QED) is 0.526. The number of nitrogens with one attached hydrogen (secondary N) is 2. The summed E-state index contributed by atoms with van der Waals surface area (Å²) in [4.78, 5) is 5.58. The molecule has 0 fully saturated rings. The summed E-state index contributed by atoms with van der Waals surface area (Å²) in [5.74, 6) is 0. The van der Waals surface area contributed by atoms with E-state index in [1.54, 1.807) is 19.1 Å². The van der Waals surface area contributed by atoms with Crippen LogP contribution in [0, 0.1) is 0 Å². The Bertz CT molecular complexity index is 976. The van der Waals surface area contributed by atoms with E-state index in [1.165, 1.54) is 12.1 Å². The van der Waals surface area contributed by atoms with Gasteiger partial charge in [0.25, 0.3) is 10.0 Å². The molecule has 118 valence electrons. The normalized spacial score (nSPS) is 12.5.